The number of nitrogens with two attached hydrogens (primary N) is 1. The molecule has 2 heterocycles. The van der Waals surface area contributed by atoms with Gasteiger partial charge in [0.2, 0.25) is 0 Å². The highest BCUT2D eigenvalue weighted by Crippen LogP contribution is 2.28. The molecule has 0 atom stereocenters. The number of nitrogen functional groups attached to an aromatic ring is 1. The Morgan fingerprint density at radius 3 is 2.65 bits per heavy atom. The molecule has 0 aliphatic carbocycles. The summed E-state index contributed by atoms with van der Waals surface area (Å²) in [6.45, 7) is 1.55. The van der Waals surface area contributed by atoms with Crippen molar-refractivity contribution in [3.63, 3.8) is 0 Å². The Balaban J connectivity index is 2.26. The number of halogens is 2. The first-order valence-electron chi connectivity index (χ1n) is 5.91. The largest absolute Gasteiger partial charge is 0.381 e. The fraction of sp³-hybridized carbons (Fsp3) is 0.0714. The number of para-hydroxylation sites is 1. The maximum atomic E-state index is 13.5. The Labute approximate surface area is 123 Å². The third-order valence-electron chi connectivity index (χ3n) is 2.93. The molecule has 0 bridgehead atoms. The van der Waals surface area contributed by atoms with Crippen molar-refractivity contribution < 1.29 is 4.39 Å². The lowest BCUT2D eigenvalue weighted by molar-refractivity contribution is 0.608. The molecule has 0 aliphatic rings. The second kappa shape index (κ2) is 4.79. The van der Waals surface area contributed by atoms with Gasteiger partial charge in [-0.2, -0.15) is 0 Å². The average molecular weight is 333 g/mol. The van der Waals surface area contributed by atoms with Crippen LogP contribution in [0.2, 0.25) is 0 Å². The van der Waals surface area contributed by atoms with Gasteiger partial charge >= 0.3 is 0 Å². The van der Waals surface area contributed by atoms with Gasteiger partial charge in [0.15, 0.2) is 17.5 Å². The van der Waals surface area contributed by atoms with Gasteiger partial charge in [-0.05, 0) is 35.0 Å². The van der Waals surface area contributed by atoms with Crippen molar-refractivity contribution in [1.82, 2.24) is 15.0 Å². The number of hydrogen-bond donors (Lipinski definition) is 1. The normalized spacial score (nSPS) is 10.9. The fourth-order valence-corrected chi connectivity index (χ4v) is 2.45. The topological polar surface area (TPSA) is 64.7 Å². The molecule has 2 aromatic heterocycles. The van der Waals surface area contributed by atoms with E-state index in [0.29, 0.717) is 11.5 Å². The van der Waals surface area contributed by atoms with Crippen molar-refractivity contribution in [2.75, 3.05) is 5.73 Å². The van der Waals surface area contributed by atoms with Gasteiger partial charge < -0.3 is 5.73 Å². The highest BCUT2D eigenvalue weighted by atomic mass is 79.9. The summed E-state index contributed by atoms with van der Waals surface area (Å²) < 4.78 is 14.2. The van der Waals surface area contributed by atoms with Crippen LogP contribution in [0.1, 0.15) is 5.69 Å². The van der Waals surface area contributed by atoms with Crippen LogP contribution in [0.15, 0.2) is 34.8 Å². The minimum absolute atomic E-state index is 0.172. The van der Waals surface area contributed by atoms with Gasteiger partial charge in [-0.1, -0.05) is 18.2 Å². The summed E-state index contributed by atoms with van der Waals surface area (Å²) in [7, 11) is 0. The molecule has 0 fully saturated rings. The van der Waals surface area contributed by atoms with Gasteiger partial charge in [-0.15, -0.1) is 0 Å². The Morgan fingerprint density at radius 2 is 1.90 bits per heavy atom. The zero-order valence-electron chi connectivity index (χ0n) is 10.6. The van der Waals surface area contributed by atoms with E-state index in [1.807, 2.05) is 30.3 Å². The predicted octanol–water partition coefficient (Wildman–Crippen LogP) is 3.48. The van der Waals surface area contributed by atoms with Gasteiger partial charge in [0.05, 0.1) is 11.2 Å². The van der Waals surface area contributed by atoms with Crippen LogP contribution in [0.3, 0.4) is 0 Å². The number of aromatic nitrogens is 3. The molecule has 0 amide bonds. The predicted molar refractivity (Wildman–Crippen MR) is 79.6 cm³/mol. The van der Waals surface area contributed by atoms with Crippen LogP contribution < -0.4 is 5.73 Å². The lowest BCUT2D eigenvalue weighted by Gasteiger charge is -2.07. The number of nitrogens with zero attached hydrogens (tertiary/aromatic N) is 3. The Bertz CT molecular complexity index is 796. The van der Waals surface area contributed by atoms with Gasteiger partial charge in [0, 0.05) is 9.86 Å². The molecule has 100 valence electrons. The zero-order chi connectivity index (χ0) is 14.3. The van der Waals surface area contributed by atoms with Crippen LogP contribution in [0.25, 0.3) is 22.4 Å². The number of fused-ring (bicyclic) bond motifs is 1. The molecule has 3 rings (SSSR count). The first-order valence-corrected chi connectivity index (χ1v) is 6.71. The van der Waals surface area contributed by atoms with Crippen molar-refractivity contribution in [2.45, 2.75) is 6.92 Å². The summed E-state index contributed by atoms with van der Waals surface area (Å²) in [5, 5.41) is 0.995. The van der Waals surface area contributed by atoms with Crippen molar-refractivity contribution in [3.05, 3.63) is 46.3 Å². The highest BCUT2D eigenvalue weighted by molar-refractivity contribution is 9.10. The minimum Gasteiger partial charge on any atom is -0.381 e. The Kier molecular flexibility index (Phi) is 3.10. The van der Waals surface area contributed by atoms with Crippen molar-refractivity contribution >= 4 is 32.7 Å². The zero-order valence-corrected chi connectivity index (χ0v) is 12.1. The molecule has 0 unspecified atom stereocenters. The van der Waals surface area contributed by atoms with Crippen LogP contribution in [-0.4, -0.2) is 15.0 Å². The SMILES string of the molecule is Cc1nc(-c2nc3ccccc3cc2Br)nc(N)c1F. The van der Waals surface area contributed by atoms with Crippen molar-refractivity contribution in [2.24, 2.45) is 0 Å². The van der Waals surface area contributed by atoms with Crippen LogP contribution in [0, 0.1) is 12.7 Å². The minimum atomic E-state index is -0.592. The molecule has 0 saturated carbocycles. The summed E-state index contributed by atoms with van der Waals surface area (Å²) in [5.41, 5.74) is 7.11. The summed E-state index contributed by atoms with van der Waals surface area (Å²) in [4.78, 5) is 12.6. The van der Waals surface area contributed by atoms with Gasteiger partial charge in [-0.25, -0.2) is 19.3 Å². The second-order valence-corrected chi connectivity index (χ2v) is 5.20. The summed E-state index contributed by atoms with van der Waals surface area (Å²) in [6, 6.07) is 9.62. The van der Waals surface area contributed by atoms with Crippen molar-refractivity contribution in [3.8, 4) is 11.5 Å². The Morgan fingerprint density at radius 1 is 1.15 bits per heavy atom. The van der Waals surface area contributed by atoms with E-state index in [0.717, 1.165) is 15.4 Å². The standard InChI is InChI=1S/C14H10BrFN4/c1-7-11(16)13(17)20-14(18-7)12-9(15)6-8-4-2-3-5-10(8)19-12/h2-6H,1H3,(H2,17,18,20). The van der Waals surface area contributed by atoms with E-state index in [4.69, 9.17) is 5.73 Å². The summed E-state index contributed by atoms with van der Waals surface area (Å²) in [6.07, 6.45) is 0. The first-order chi connectivity index (χ1) is 9.56. The van der Waals surface area contributed by atoms with E-state index >= 15 is 0 Å². The van der Waals surface area contributed by atoms with E-state index < -0.39 is 5.82 Å². The molecule has 20 heavy (non-hydrogen) atoms. The van der Waals surface area contributed by atoms with Gasteiger partial charge in [0.25, 0.3) is 0 Å². The van der Waals surface area contributed by atoms with E-state index in [1.165, 1.54) is 0 Å². The Hall–Kier alpha value is -2.08. The first kappa shape index (κ1) is 12.9. The third-order valence-corrected chi connectivity index (χ3v) is 3.54. The molecule has 1 aromatic carbocycles. The van der Waals surface area contributed by atoms with Gasteiger partial charge in [0.1, 0.15) is 5.69 Å². The van der Waals surface area contributed by atoms with Crippen LogP contribution >= 0.6 is 15.9 Å². The molecular weight excluding hydrogens is 323 g/mol. The monoisotopic (exact) mass is 332 g/mol. The molecule has 3 aromatic rings. The van der Waals surface area contributed by atoms with E-state index in [-0.39, 0.29) is 11.5 Å². The number of hydrogen-bond acceptors (Lipinski definition) is 4. The van der Waals surface area contributed by atoms with E-state index in [9.17, 15) is 4.39 Å². The third kappa shape index (κ3) is 2.12. The maximum absolute atomic E-state index is 13.5. The lowest BCUT2D eigenvalue weighted by Crippen LogP contribution is -2.04. The molecule has 6 heteroatoms. The molecule has 0 spiro atoms. The maximum Gasteiger partial charge on any atom is 0.186 e. The smallest absolute Gasteiger partial charge is 0.186 e. The summed E-state index contributed by atoms with van der Waals surface area (Å²) >= 11 is 3.44. The quantitative estimate of drug-likeness (QED) is 0.740. The fourth-order valence-electron chi connectivity index (χ4n) is 1.93. The number of anilines is 1. The number of rotatable bonds is 1. The lowest BCUT2D eigenvalue weighted by atomic mass is 10.2. The molecule has 0 saturated heterocycles. The van der Waals surface area contributed by atoms with Crippen molar-refractivity contribution in [1.29, 1.82) is 0 Å². The summed E-state index contributed by atoms with van der Waals surface area (Å²) in [5.74, 6) is -0.459. The average Bonchev–Trinajstić information content (AvgIpc) is 2.43. The number of pyridine rings is 1. The molecular formula is C14H10BrFN4. The highest BCUT2D eigenvalue weighted by Gasteiger charge is 2.14. The second-order valence-electron chi connectivity index (χ2n) is 4.34. The molecule has 0 radical (unpaired) electrons. The molecule has 4 nitrogen and oxygen atoms in total. The van der Waals surface area contributed by atoms with Crippen LogP contribution in [0.5, 0.6) is 0 Å². The number of aryl methyl sites for hydroxylation is 1. The van der Waals surface area contributed by atoms with E-state index in [2.05, 4.69) is 30.9 Å². The molecule has 0 aliphatic heterocycles. The van der Waals surface area contributed by atoms with Crippen LogP contribution in [0.4, 0.5) is 10.2 Å². The van der Waals surface area contributed by atoms with Crippen LogP contribution in [-0.2, 0) is 0 Å². The molecule has 2 N–H and O–H groups in total. The van der Waals surface area contributed by atoms with E-state index in [1.54, 1.807) is 6.92 Å². The number of benzene rings is 1. The van der Waals surface area contributed by atoms with Gasteiger partial charge in [-0.3, -0.25) is 0 Å².